The number of para-hydroxylation sites is 2. The molecule has 3 amide bonds. The van der Waals surface area contributed by atoms with Crippen molar-refractivity contribution >= 4 is 28.9 Å². The number of carbonyl (C=O) groups is 3. The van der Waals surface area contributed by atoms with Crippen LogP contribution in [0.25, 0.3) is 11.0 Å². The molecule has 1 aliphatic carbocycles. The number of rotatable bonds is 3. The van der Waals surface area contributed by atoms with Crippen LogP contribution in [0, 0.1) is 5.92 Å². The van der Waals surface area contributed by atoms with E-state index in [0.29, 0.717) is 32.7 Å². The normalized spacial score (nSPS) is 24.7. The molecule has 4 heterocycles. The zero-order valence-electron chi connectivity index (χ0n) is 16.6. The second kappa shape index (κ2) is 6.20. The molecule has 1 spiro atoms. The van der Waals surface area contributed by atoms with Crippen molar-refractivity contribution in [3.63, 3.8) is 0 Å². The summed E-state index contributed by atoms with van der Waals surface area (Å²) < 4.78 is 7.60. The van der Waals surface area contributed by atoms with Crippen molar-refractivity contribution < 1.29 is 19.1 Å². The number of benzene rings is 1. The van der Waals surface area contributed by atoms with Crippen molar-refractivity contribution in [1.29, 1.82) is 0 Å². The van der Waals surface area contributed by atoms with Gasteiger partial charge in [-0.15, -0.1) is 0 Å². The van der Waals surface area contributed by atoms with Crippen molar-refractivity contribution in [1.82, 2.24) is 24.3 Å². The van der Waals surface area contributed by atoms with Crippen LogP contribution < -0.4 is 0 Å². The predicted octanol–water partition coefficient (Wildman–Crippen LogP) is 0.690. The number of nitrogens with zero attached hydrogens (tertiary/aromatic N) is 5. The molecular formula is C21H23N5O4. The lowest BCUT2D eigenvalue weighted by atomic mass is 9.84. The number of carbonyl (C=O) groups excluding carboxylic acids is 3. The molecule has 1 aromatic heterocycles. The van der Waals surface area contributed by atoms with Gasteiger partial charge in [-0.1, -0.05) is 12.1 Å². The third-order valence-corrected chi connectivity index (χ3v) is 6.85. The SMILES string of the molecule is O=C(Cn1cnc2ccccc21)N1CCN2C(=O)OC3(CN(C(=O)C4CC4)C3)C2C1. The van der Waals surface area contributed by atoms with Crippen LogP contribution in [-0.4, -0.2) is 86.5 Å². The summed E-state index contributed by atoms with van der Waals surface area (Å²) in [5.41, 5.74) is 1.11. The van der Waals surface area contributed by atoms with Gasteiger partial charge in [0.25, 0.3) is 0 Å². The Morgan fingerprint density at radius 3 is 2.73 bits per heavy atom. The Labute approximate surface area is 173 Å². The van der Waals surface area contributed by atoms with E-state index >= 15 is 0 Å². The fourth-order valence-corrected chi connectivity index (χ4v) is 4.98. The van der Waals surface area contributed by atoms with Gasteiger partial charge in [0.05, 0.1) is 36.5 Å². The zero-order chi connectivity index (χ0) is 20.5. The molecule has 3 aliphatic heterocycles. The van der Waals surface area contributed by atoms with Gasteiger partial charge >= 0.3 is 6.09 Å². The van der Waals surface area contributed by atoms with Crippen LogP contribution in [0.1, 0.15) is 12.8 Å². The summed E-state index contributed by atoms with van der Waals surface area (Å²) in [5.74, 6) is 0.327. The van der Waals surface area contributed by atoms with E-state index < -0.39 is 5.60 Å². The summed E-state index contributed by atoms with van der Waals surface area (Å²) in [7, 11) is 0. The molecule has 30 heavy (non-hydrogen) atoms. The predicted molar refractivity (Wildman–Crippen MR) is 105 cm³/mol. The van der Waals surface area contributed by atoms with Gasteiger partial charge in [0, 0.05) is 25.6 Å². The average molecular weight is 409 g/mol. The van der Waals surface area contributed by atoms with E-state index in [9.17, 15) is 14.4 Å². The molecule has 2 aromatic rings. The first kappa shape index (κ1) is 17.7. The van der Waals surface area contributed by atoms with Crippen molar-refractivity contribution in [2.75, 3.05) is 32.7 Å². The highest BCUT2D eigenvalue weighted by molar-refractivity contribution is 5.84. The average Bonchev–Trinajstić information content (AvgIpc) is 3.44. The number of imidazole rings is 1. The van der Waals surface area contributed by atoms with Gasteiger partial charge in [-0.3, -0.25) is 14.5 Å². The van der Waals surface area contributed by atoms with Crippen LogP contribution in [-0.2, 0) is 20.9 Å². The first-order valence-corrected chi connectivity index (χ1v) is 10.5. The zero-order valence-corrected chi connectivity index (χ0v) is 16.6. The molecule has 1 saturated carbocycles. The van der Waals surface area contributed by atoms with Crippen LogP contribution in [0.4, 0.5) is 4.79 Å². The van der Waals surface area contributed by atoms with E-state index in [1.807, 2.05) is 33.7 Å². The quantitative estimate of drug-likeness (QED) is 0.744. The minimum atomic E-state index is -0.678. The molecule has 0 bridgehead atoms. The van der Waals surface area contributed by atoms with Gasteiger partial charge < -0.3 is 19.1 Å². The molecule has 0 radical (unpaired) electrons. The van der Waals surface area contributed by atoms with Crippen LogP contribution >= 0.6 is 0 Å². The summed E-state index contributed by atoms with van der Waals surface area (Å²) >= 11 is 0. The van der Waals surface area contributed by atoms with E-state index in [1.54, 1.807) is 16.1 Å². The second-order valence-electron chi connectivity index (χ2n) is 8.81. The number of ether oxygens (including phenoxy) is 1. The largest absolute Gasteiger partial charge is 0.437 e. The topological polar surface area (TPSA) is 88.0 Å². The standard InChI is InChI=1S/C21H23N5O4/c27-18(10-24-13-22-15-3-1-2-4-16(15)24)23-7-8-26-17(9-23)21(30-20(26)29)11-25(12-21)19(28)14-5-6-14/h1-4,13-14,17H,5-12H2. The summed E-state index contributed by atoms with van der Waals surface area (Å²) in [5, 5.41) is 0. The number of likely N-dealkylation sites (tertiary alicyclic amines) is 1. The summed E-state index contributed by atoms with van der Waals surface area (Å²) in [6.45, 7) is 2.45. The molecule has 1 atom stereocenters. The Morgan fingerprint density at radius 1 is 1.13 bits per heavy atom. The van der Waals surface area contributed by atoms with Crippen molar-refractivity contribution in [2.24, 2.45) is 5.92 Å². The summed E-state index contributed by atoms with van der Waals surface area (Å²) in [4.78, 5) is 47.5. The van der Waals surface area contributed by atoms with Crippen molar-refractivity contribution in [3.05, 3.63) is 30.6 Å². The fraction of sp³-hybridized carbons (Fsp3) is 0.524. The van der Waals surface area contributed by atoms with Crippen LogP contribution in [0.15, 0.2) is 30.6 Å². The van der Waals surface area contributed by atoms with Gasteiger partial charge in [-0.2, -0.15) is 0 Å². The highest BCUT2D eigenvalue weighted by atomic mass is 16.6. The van der Waals surface area contributed by atoms with E-state index in [4.69, 9.17) is 4.74 Å². The van der Waals surface area contributed by atoms with Gasteiger partial charge in [0.2, 0.25) is 11.8 Å². The highest BCUT2D eigenvalue weighted by Crippen LogP contribution is 2.42. The fourth-order valence-electron chi connectivity index (χ4n) is 4.98. The Balaban J connectivity index is 1.16. The third-order valence-electron chi connectivity index (χ3n) is 6.85. The Kier molecular flexibility index (Phi) is 3.66. The number of aromatic nitrogens is 2. The second-order valence-corrected chi connectivity index (χ2v) is 8.81. The maximum absolute atomic E-state index is 13.0. The molecule has 9 heteroatoms. The van der Waals surface area contributed by atoms with Gasteiger partial charge in [0.1, 0.15) is 6.54 Å². The monoisotopic (exact) mass is 409 g/mol. The smallest absolute Gasteiger partial charge is 0.411 e. The van der Waals surface area contributed by atoms with E-state index in [2.05, 4.69) is 4.98 Å². The molecule has 1 aromatic carbocycles. The van der Waals surface area contributed by atoms with E-state index in [-0.39, 0.29) is 36.4 Å². The lowest BCUT2D eigenvalue weighted by Crippen LogP contribution is -2.72. The molecule has 156 valence electrons. The van der Waals surface area contributed by atoms with Gasteiger partial charge in [0.15, 0.2) is 5.60 Å². The van der Waals surface area contributed by atoms with Crippen LogP contribution in [0.2, 0.25) is 0 Å². The third kappa shape index (κ3) is 2.60. The maximum atomic E-state index is 13.0. The van der Waals surface area contributed by atoms with Gasteiger partial charge in [-0.05, 0) is 25.0 Å². The molecule has 6 rings (SSSR count). The molecule has 0 N–H and O–H groups in total. The van der Waals surface area contributed by atoms with Crippen molar-refractivity contribution in [3.8, 4) is 0 Å². The van der Waals surface area contributed by atoms with Gasteiger partial charge in [-0.25, -0.2) is 9.78 Å². The first-order chi connectivity index (χ1) is 14.5. The number of hydrogen-bond donors (Lipinski definition) is 0. The maximum Gasteiger partial charge on any atom is 0.411 e. The summed E-state index contributed by atoms with van der Waals surface area (Å²) in [6, 6.07) is 7.52. The van der Waals surface area contributed by atoms with Crippen LogP contribution in [0.5, 0.6) is 0 Å². The first-order valence-electron chi connectivity index (χ1n) is 10.5. The Hall–Kier alpha value is -3.10. The minimum absolute atomic E-state index is 0.00228. The lowest BCUT2D eigenvalue weighted by molar-refractivity contribution is -0.158. The van der Waals surface area contributed by atoms with Crippen LogP contribution in [0.3, 0.4) is 0 Å². The minimum Gasteiger partial charge on any atom is -0.437 e. The Morgan fingerprint density at radius 2 is 1.93 bits per heavy atom. The number of fused-ring (bicyclic) bond motifs is 3. The van der Waals surface area contributed by atoms with E-state index in [1.165, 1.54) is 0 Å². The highest BCUT2D eigenvalue weighted by Gasteiger charge is 2.63. The molecule has 1 unspecified atom stereocenters. The molecule has 4 aliphatic rings. The number of amides is 3. The summed E-state index contributed by atoms with van der Waals surface area (Å²) in [6.07, 6.45) is 3.29. The molecular weight excluding hydrogens is 386 g/mol. The Bertz CT molecular complexity index is 1050. The van der Waals surface area contributed by atoms with Crippen molar-refractivity contribution in [2.45, 2.75) is 31.0 Å². The molecule has 9 nitrogen and oxygen atoms in total. The molecule has 3 saturated heterocycles. The molecule has 4 fully saturated rings. The van der Waals surface area contributed by atoms with E-state index in [0.717, 1.165) is 23.9 Å². The lowest BCUT2D eigenvalue weighted by Gasteiger charge is -2.51. The number of piperazine rings is 1. The number of hydrogen-bond acceptors (Lipinski definition) is 5.